The Labute approximate surface area is 157 Å². The molecule has 0 radical (unpaired) electrons. The summed E-state index contributed by atoms with van der Waals surface area (Å²) in [4.78, 5) is 0. The van der Waals surface area contributed by atoms with Crippen molar-refractivity contribution >= 4 is 21.4 Å². The summed E-state index contributed by atoms with van der Waals surface area (Å²) in [5, 5.41) is 16.1. The van der Waals surface area contributed by atoms with E-state index in [9.17, 15) is 0 Å². The van der Waals surface area contributed by atoms with E-state index < -0.39 is 0 Å². The standard InChI is InChI=1S/C20H23N3O2S/c1-24-11-12-25-17-5-3-2-4-15(17)19-20-16(8-13-26-20)18(22-23-19)14-6-9-21-10-7-14/h2-5,8,13-14,21H,6-7,9-12H2,1H3. The summed E-state index contributed by atoms with van der Waals surface area (Å²) < 4.78 is 12.2. The normalized spacial score (nSPS) is 15.4. The molecule has 0 amide bonds. The number of ether oxygens (including phenoxy) is 2. The lowest BCUT2D eigenvalue weighted by Crippen LogP contribution is -2.27. The zero-order valence-corrected chi connectivity index (χ0v) is 15.7. The molecule has 1 aliphatic heterocycles. The average molecular weight is 369 g/mol. The molecule has 3 aromatic rings. The molecule has 3 heterocycles. The van der Waals surface area contributed by atoms with Crippen LogP contribution in [0.3, 0.4) is 0 Å². The molecule has 0 bridgehead atoms. The molecule has 6 heteroatoms. The maximum atomic E-state index is 5.91. The summed E-state index contributed by atoms with van der Waals surface area (Å²) in [5.74, 6) is 1.31. The van der Waals surface area contributed by atoms with Crippen molar-refractivity contribution < 1.29 is 9.47 Å². The number of aromatic nitrogens is 2. The summed E-state index contributed by atoms with van der Waals surface area (Å²) in [5.41, 5.74) is 3.03. The Hall–Kier alpha value is -2.02. The van der Waals surface area contributed by atoms with Gasteiger partial charge in [-0.05, 0) is 49.5 Å². The van der Waals surface area contributed by atoms with Crippen molar-refractivity contribution in [2.45, 2.75) is 18.8 Å². The van der Waals surface area contributed by atoms with Gasteiger partial charge in [0.2, 0.25) is 0 Å². The second kappa shape index (κ2) is 8.12. The summed E-state index contributed by atoms with van der Waals surface area (Å²) in [7, 11) is 1.68. The lowest BCUT2D eigenvalue weighted by molar-refractivity contribution is 0.146. The predicted octanol–water partition coefficient (Wildman–Crippen LogP) is 3.85. The molecular weight excluding hydrogens is 346 g/mol. The maximum absolute atomic E-state index is 5.91. The maximum Gasteiger partial charge on any atom is 0.128 e. The molecule has 0 spiro atoms. The van der Waals surface area contributed by atoms with Crippen molar-refractivity contribution in [2.24, 2.45) is 0 Å². The molecule has 1 fully saturated rings. The third-order valence-electron chi connectivity index (χ3n) is 4.83. The van der Waals surface area contributed by atoms with Gasteiger partial charge in [0.15, 0.2) is 0 Å². The first kappa shape index (κ1) is 17.4. The largest absolute Gasteiger partial charge is 0.490 e. The molecular formula is C20H23N3O2S. The SMILES string of the molecule is COCCOc1ccccc1-c1nnc(C2CCNCC2)c2ccsc12. The van der Waals surface area contributed by atoms with Gasteiger partial charge < -0.3 is 14.8 Å². The van der Waals surface area contributed by atoms with E-state index >= 15 is 0 Å². The Morgan fingerprint density at radius 2 is 1.96 bits per heavy atom. The number of hydrogen-bond acceptors (Lipinski definition) is 6. The zero-order valence-electron chi connectivity index (χ0n) is 14.9. The number of nitrogens with one attached hydrogen (secondary N) is 1. The lowest BCUT2D eigenvalue weighted by atomic mass is 9.92. The van der Waals surface area contributed by atoms with E-state index in [1.165, 1.54) is 10.1 Å². The van der Waals surface area contributed by atoms with Gasteiger partial charge in [-0.1, -0.05) is 12.1 Å². The van der Waals surface area contributed by atoms with Crippen molar-refractivity contribution in [3.05, 3.63) is 41.4 Å². The number of hydrogen-bond donors (Lipinski definition) is 1. The van der Waals surface area contributed by atoms with Gasteiger partial charge in [0.1, 0.15) is 18.1 Å². The van der Waals surface area contributed by atoms with Gasteiger partial charge in [-0.2, -0.15) is 5.10 Å². The minimum atomic E-state index is 0.489. The average Bonchev–Trinajstić information content (AvgIpc) is 3.19. The number of thiophene rings is 1. The van der Waals surface area contributed by atoms with Crippen molar-refractivity contribution in [1.82, 2.24) is 15.5 Å². The second-order valence-corrected chi connectivity index (χ2v) is 7.38. The fourth-order valence-electron chi connectivity index (χ4n) is 3.49. The van der Waals surface area contributed by atoms with E-state index in [0.29, 0.717) is 19.1 Å². The van der Waals surface area contributed by atoms with Gasteiger partial charge in [-0.15, -0.1) is 16.4 Å². The predicted molar refractivity (Wildman–Crippen MR) is 105 cm³/mol. The van der Waals surface area contributed by atoms with Gasteiger partial charge in [0.25, 0.3) is 0 Å². The van der Waals surface area contributed by atoms with Crippen LogP contribution in [0.25, 0.3) is 21.3 Å². The van der Waals surface area contributed by atoms with Crippen LogP contribution in [0.5, 0.6) is 5.75 Å². The molecule has 0 aliphatic carbocycles. The van der Waals surface area contributed by atoms with Crippen LogP contribution in [-0.4, -0.2) is 43.6 Å². The molecule has 1 aromatic carbocycles. The van der Waals surface area contributed by atoms with Crippen molar-refractivity contribution in [1.29, 1.82) is 0 Å². The fraction of sp³-hybridized carbons (Fsp3) is 0.400. The van der Waals surface area contributed by atoms with Gasteiger partial charge >= 0.3 is 0 Å². The highest BCUT2D eigenvalue weighted by Crippen LogP contribution is 2.39. The van der Waals surface area contributed by atoms with E-state index in [-0.39, 0.29) is 0 Å². The van der Waals surface area contributed by atoms with E-state index in [1.807, 2.05) is 18.2 Å². The summed E-state index contributed by atoms with van der Waals surface area (Å²) in [6.07, 6.45) is 2.24. The first-order valence-corrected chi connectivity index (χ1v) is 9.92. The van der Waals surface area contributed by atoms with Crippen LogP contribution >= 0.6 is 11.3 Å². The van der Waals surface area contributed by atoms with E-state index in [2.05, 4.69) is 33.0 Å². The summed E-state index contributed by atoms with van der Waals surface area (Å²) in [6, 6.07) is 10.2. The smallest absolute Gasteiger partial charge is 0.128 e. The molecule has 1 aliphatic rings. The van der Waals surface area contributed by atoms with E-state index in [4.69, 9.17) is 9.47 Å². The van der Waals surface area contributed by atoms with Crippen molar-refractivity contribution in [2.75, 3.05) is 33.4 Å². The number of para-hydroxylation sites is 1. The van der Waals surface area contributed by atoms with Crippen molar-refractivity contribution in [3.8, 4) is 17.0 Å². The molecule has 5 nitrogen and oxygen atoms in total. The van der Waals surface area contributed by atoms with Gasteiger partial charge in [0, 0.05) is 24.0 Å². The fourth-order valence-corrected chi connectivity index (χ4v) is 4.40. The van der Waals surface area contributed by atoms with Crippen molar-refractivity contribution in [3.63, 3.8) is 0 Å². The molecule has 4 rings (SSSR count). The first-order chi connectivity index (χ1) is 12.9. The Balaban J connectivity index is 1.73. The molecule has 1 saturated heterocycles. The number of methoxy groups -OCH3 is 1. The molecule has 0 unspecified atom stereocenters. The topological polar surface area (TPSA) is 56.3 Å². The molecule has 0 saturated carbocycles. The van der Waals surface area contributed by atoms with Crippen LogP contribution in [0.1, 0.15) is 24.5 Å². The number of nitrogens with zero attached hydrogens (tertiary/aromatic N) is 2. The number of rotatable bonds is 6. The zero-order chi connectivity index (χ0) is 17.8. The van der Waals surface area contributed by atoms with Crippen LogP contribution in [0.15, 0.2) is 35.7 Å². The minimum absolute atomic E-state index is 0.489. The Kier molecular flexibility index (Phi) is 5.43. The van der Waals surface area contributed by atoms with Crippen LogP contribution in [-0.2, 0) is 4.74 Å². The molecule has 2 aromatic heterocycles. The Bertz CT molecular complexity index is 874. The van der Waals surface area contributed by atoms with E-state index in [1.54, 1.807) is 18.4 Å². The Morgan fingerprint density at radius 1 is 1.12 bits per heavy atom. The second-order valence-electron chi connectivity index (χ2n) is 6.46. The quantitative estimate of drug-likeness (QED) is 0.669. The summed E-state index contributed by atoms with van der Waals surface area (Å²) in [6.45, 7) is 3.18. The molecule has 136 valence electrons. The van der Waals surface area contributed by atoms with E-state index in [0.717, 1.165) is 48.6 Å². The highest BCUT2D eigenvalue weighted by molar-refractivity contribution is 7.17. The number of fused-ring (bicyclic) bond motifs is 1. The number of benzene rings is 1. The highest BCUT2D eigenvalue weighted by Gasteiger charge is 2.22. The molecule has 26 heavy (non-hydrogen) atoms. The number of piperidine rings is 1. The van der Waals surface area contributed by atoms with Crippen LogP contribution in [0.4, 0.5) is 0 Å². The highest BCUT2D eigenvalue weighted by atomic mass is 32.1. The van der Waals surface area contributed by atoms with Crippen LogP contribution in [0, 0.1) is 0 Å². The van der Waals surface area contributed by atoms with Gasteiger partial charge in [-0.25, -0.2) is 0 Å². The van der Waals surface area contributed by atoms with Crippen LogP contribution < -0.4 is 10.1 Å². The third kappa shape index (κ3) is 3.45. The molecule has 0 atom stereocenters. The summed E-state index contributed by atoms with van der Waals surface area (Å²) >= 11 is 1.73. The lowest BCUT2D eigenvalue weighted by Gasteiger charge is -2.22. The van der Waals surface area contributed by atoms with Gasteiger partial charge in [0.05, 0.1) is 17.0 Å². The minimum Gasteiger partial charge on any atom is -0.490 e. The monoisotopic (exact) mass is 369 g/mol. The third-order valence-corrected chi connectivity index (χ3v) is 5.75. The molecule has 1 N–H and O–H groups in total. The van der Waals surface area contributed by atoms with Crippen LogP contribution in [0.2, 0.25) is 0 Å². The first-order valence-electron chi connectivity index (χ1n) is 9.04. The van der Waals surface area contributed by atoms with Gasteiger partial charge in [-0.3, -0.25) is 0 Å². The Morgan fingerprint density at radius 3 is 2.81 bits per heavy atom.